The zero-order valence-corrected chi connectivity index (χ0v) is 15.6. The summed E-state index contributed by atoms with van der Waals surface area (Å²) in [7, 11) is -3.08. The molecule has 2 aromatic rings. The fraction of sp³-hybridized carbons (Fsp3) is 0.167. The SMILES string of the molecule is CN(C1C(=N)N(Cc2ccccc2)C(=O)NC1=O)S(=O)(=O)c1ccc(F)cc1. The molecule has 3 rings (SSSR count). The molecule has 0 radical (unpaired) electrons. The highest BCUT2D eigenvalue weighted by molar-refractivity contribution is 7.89. The predicted octanol–water partition coefficient (Wildman–Crippen LogP) is 1.54. The topological polar surface area (TPSA) is 111 Å². The Labute approximate surface area is 161 Å². The van der Waals surface area contributed by atoms with E-state index in [1.165, 1.54) is 0 Å². The van der Waals surface area contributed by atoms with E-state index in [0.29, 0.717) is 9.87 Å². The van der Waals surface area contributed by atoms with E-state index < -0.39 is 39.7 Å². The van der Waals surface area contributed by atoms with Gasteiger partial charge in [-0.1, -0.05) is 30.3 Å². The van der Waals surface area contributed by atoms with Crippen LogP contribution in [0.15, 0.2) is 59.5 Å². The van der Waals surface area contributed by atoms with Gasteiger partial charge in [0.1, 0.15) is 11.7 Å². The Balaban J connectivity index is 1.91. The number of amidine groups is 1. The zero-order chi connectivity index (χ0) is 20.5. The van der Waals surface area contributed by atoms with Gasteiger partial charge in [-0.15, -0.1) is 0 Å². The van der Waals surface area contributed by atoms with Gasteiger partial charge < -0.3 is 0 Å². The monoisotopic (exact) mass is 404 g/mol. The van der Waals surface area contributed by atoms with Crippen molar-refractivity contribution < 1.29 is 22.4 Å². The molecular weight excluding hydrogens is 387 g/mol. The second kappa shape index (κ2) is 7.49. The van der Waals surface area contributed by atoms with Crippen molar-refractivity contribution in [3.05, 3.63) is 66.0 Å². The van der Waals surface area contributed by atoms with Gasteiger partial charge in [-0.05, 0) is 29.8 Å². The van der Waals surface area contributed by atoms with Crippen LogP contribution in [0.25, 0.3) is 0 Å². The van der Waals surface area contributed by atoms with Gasteiger partial charge in [0.05, 0.1) is 11.4 Å². The lowest BCUT2D eigenvalue weighted by Gasteiger charge is -2.36. The van der Waals surface area contributed by atoms with Crippen LogP contribution < -0.4 is 5.32 Å². The summed E-state index contributed by atoms with van der Waals surface area (Å²) in [6, 6.07) is 10.5. The average Bonchev–Trinajstić information content (AvgIpc) is 2.66. The van der Waals surface area contributed by atoms with Gasteiger partial charge in [-0.3, -0.25) is 20.4 Å². The van der Waals surface area contributed by atoms with Crippen LogP contribution in [0.5, 0.6) is 0 Å². The van der Waals surface area contributed by atoms with Crippen LogP contribution in [0.3, 0.4) is 0 Å². The number of amides is 3. The Bertz CT molecular complexity index is 1030. The van der Waals surface area contributed by atoms with Crippen molar-refractivity contribution in [2.24, 2.45) is 0 Å². The lowest BCUT2D eigenvalue weighted by molar-refractivity contribution is -0.122. The van der Waals surface area contributed by atoms with Gasteiger partial charge >= 0.3 is 6.03 Å². The average molecular weight is 404 g/mol. The smallest absolute Gasteiger partial charge is 0.286 e. The molecule has 3 amide bonds. The van der Waals surface area contributed by atoms with Gasteiger partial charge in [0, 0.05) is 7.05 Å². The van der Waals surface area contributed by atoms with Crippen LogP contribution in [0, 0.1) is 11.2 Å². The molecule has 1 fully saturated rings. The summed E-state index contributed by atoms with van der Waals surface area (Å²) in [5.74, 6) is -2.00. The number of nitrogens with zero attached hydrogens (tertiary/aromatic N) is 2. The molecule has 0 saturated carbocycles. The summed E-state index contributed by atoms with van der Waals surface area (Å²) in [5.41, 5.74) is 0.708. The third-order valence-corrected chi connectivity index (χ3v) is 6.15. The molecule has 0 aliphatic carbocycles. The summed E-state index contributed by atoms with van der Waals surface area (Å²) < 4.78 is 39.4. The largest absolute Gasteiger partial charge is 0.329 e. The first-order valence-electron chi connectivity index (χ1n) is 8.20. The Morgan fingerprint density at radius 2 is 1.71 bits per heavy atom. The molecule has 2 aromatic carbocycles. The van der Waals surface area contributed by atoms with Crippen LogP contribution >= 0.6 is 0 Å². The van der Waals surface area contributed by atoms with Crippen LogP contribution in [-0.2, 0) is 21.4 Å². The molecule has 0 spiro atoms. The highest BCUT2D eigenvalue weighted by Gasteiger charge is 2.44. The third kappa shape index (κ3) is 3.64. The van der Waals surface area contributed by atoms with Gasteiger partial charge in [0.15, 0.2) is 6.04 Å². The zero-order valence-electron chi connectivity index (χ0n) is 14.8. The second-order valence-electron chi connectivity index (χ2n) is 6.13. The van der Waals surface area contributed by atoms with Crippen molar-refractivity contribution in [1.29, 1.82) is 5.41 Å². The second-order valence-corrected chi connectivity index (χ2v) is 8.13. The fourth-order valence-electron chi connectivity index (χ4n) is 2.79. The van der Waals surface area contributed by atoms with E-state index in [9.17, 15) is 22.4 Å². The van der Waals surface area contributed by atoms with Crippen molar-refractivity contribution in [2.45, 2.75) is 17.5 Å². The van der Waals surface area contributed by atoms with E-state index in [4.69, 9.17) is 5.41 Å². The van der Waals surface area contributed by atoms with Crippen LogP contribution in [-0.4, -0.2) is 48.5 Å². The van der Waals surface area contributed by atoms with E-state index in [-0.39, 0.29) is 11.4 Å². The fourth-order valence-corrected chi connectivity index (χ4v) is 4.08. The third-order valence-electron chi connectivity index (χ3n) is 4.31. The maximum absolute atomic E-state index is 13.1. The standard InChI is InChI=1S/C18H17FN4O4S/c1-22(28(26,27)14-9-7-13(19)8-10-14)15-16(20)23(18(25)21-17(15)24)11-12-5-3-2-4-6-12/h2-10,15,20H,11H2,1H3,(H,21,24,25). The molecule has 1 unspecified atom stereocenters. The highest BCUT2D eigenvalue weighted by Crippen LogP contribution is 2.21. The molecule has 1 saturated heterocycles. The van der Waals surface area contributed by atoms with E-state index in [1.807, 2.05) is 0 Å². The lowest BCUT2D eigenvalue weighted by atomic mass is 10.1. The molecule has 2 N–H and O–H groups in total. The van der Waals surface area contributed by atoms with Gasteiger partial charge in [0.25, 0.3) is 5.91 Å². The van der Waals surface area contributed by atoms with Crippen molar-refractivity contribution in [3.8, 4) is 0 Å². The first-order chi connectivity index (χ1) is 13.2. The highest BCUT2D eigenvalue weighted by atomic mass is 32.2. The molecule has 1 atom stereocenters. The summed E-state index contributed by atoms with van der Waals surface area (Å²) in [6.45, 7) is -0.000275. The summed E-state index contributed by atoms with van der Waals surface area (Å²) in [5, 5.41) is 10.4. The number of rotatable bonds is 5. The molecule has 0 aromatic heterocycles. The quantitative estimate of drug-likeness (QED) is 0.788. The number of nitrogens with one attached hydrogen (secondary N) is 2. The Morgan fingerprint density at radius 3 is 2.32 bits per heavy atom. The van der Waals surface area contributed by atoms with Gasteiger partial charge in [-0.25, -0.2) is 17.6 Å². The van der Waals surface area contributed by atoms with Gasteiger partial charge in [-0.2, -0.15) is 4.31 Å². The number of hydrogen-bond donors (Lipinski definition) is 2. The molecular formula is C18H17FN4O4S. The molecule has 1 heterocycles. The minimum Gasteiger partial charge on any atom is -0.286 e. The number of hydrogen-bond acceptors (Lipinski definition) is 5. The number of benzene rings is 2. The molecule has 1 aliphatic heterocycles. The van der Waals surface area contributed by atoms with Crippen molar-refractivity contribution in [2.75, 3.05) is 7.05 Å². The maximum atomic E-state index is 13.1. The van der Waals surface area contributed by atoms with Crippen LogP contribution in [0.4, 0.5) is 9.18 Å². The minimum atomic E-state index is -4.21. The Hall–Kier alpha value is -3.11. The van der Waals surface area contributed by atoms with Crippen LogP contribution in [0.2, 0.25) is 0 Å². The Kier molecular flexibility index (Phi) is 5.25. The number of carbonyl (C=O) groups is 2. The van der Waals surface area contributed by atoms with Crippen molar-refractivity contribution in [1.82, 2.24) is 14.5 Å². The Morgan fingerprint density at radius 1 is 1.11 bits per heavy atom. The number of carbonyl (C=O) groups excluding carboxylic acids is 2. The maximum Gasteiger partial charge on any atom is 0.329 e. The van der Waals surface area contributed by atoms with E-state index >= 15 is 0 Å². The van der Waals surface area contributed by atoms with E-state index in [2.05, 4.69) is 5.32 Å². The number of likely N-dealkylation sites (N-methyl/N-ethyl adjacent to an activating group) is 1. The summed E-state index contributed by atoms with van der Waals surface area (Å²) >= 11 is 0. The van der Waals surface area contributed by atoms with Crippen molar-refractivity contribution >= 4 is 27.8 Å². The van der Waals surface area contributed by atoms with Crippen LogP contribution in [0.1, 0.15) is 5.56 Å². The lowest BCUT2D eigenvalue weighted by Crippen LogP contribution is -2.65. The minimum absolute atomic E-state index is 0.000275. The van der Waals surface area contributed by atoms with E-state index in [0.717, 1.165) is 36.2 Å². The molecule has 10 heteroatoms. The summed E-state index contributed by atoms with van der Waals surface area (Å²) in [6.07, 6.45) is 0. The summed E-state index contributed by atoms with van der Waals surface area (Å²) in [4.78, 5) is 25.3. The number of imide groups is 1. The molecule has 146 valence electrons. The number of urea groups is 1. The number of halogens is 1. The molecule has 0 bridgehead atoms. The molecule has 8 nitrogen and oxygen atoms in total. The number of sulfonamides is 1. The van der Waals surface area contributed by atoms with Crippen molar-refractivity contribution in [3.63, 3.8) is 0 Å². The normalized spacial score (nSPS) is 17.8. The van der Waals surface area contributed by atoms with Gasteiger partial charge in [0.2, 0.25) is 10.0 Å². The molecule has 28 heavy (non-hydrogen) atoms. The predicted molar refractivity (Wildman–Crippen MR) is 98.4 cm³/mol. The first-order valence-corrected chi connectivity index (χ1v) is 9.64. The van der Waals surface area contributed by atoms with E-state index in [1.54, 1.807) is 30.3 Å². The molecule has 1 aliphatic rings. The first kappa shape index (κ1) is 19.6.